The van der Waals surface area contributed by atoms with E-state index in [0.717, 1.165) is 27.8 Å². The van der Waals surface area contributed by atoms with Gasteiger partial charge in [0.2, 0.25) is 0 Å². The number of allylic oxidation sites excluding steroid dienone is 8. The summed E-state index contributed by atoms with van der Waals surface area (Å²) in [6.45, 7) is 2.07. The summed E-state index contributed by atoms with van der Waals surface area (Å²) in [6.07, 6.45) is 14.2. The summed E-state index contributed by atoms with van der Waals surface area (Å²) in [4.78, 5) is 13.1. The normalized spacial score (nSPS) is 20.4. The van der Waals surface area contributed by atoms with Crippen molar-refractivity contribution in [3.05, 3.63) is 125 Å². The second kappa shape index (κ2) is 7.32. The number of carbonyl (C=O) groups is 1. The number of hydrogen-bond donors (Lipinski definition) is 0. The predicted octanol–water partition coefficient (Wildman–Crippen LogP) is 5.48. The number of methoxy groups -OCH3 is 1. The quantitative estimate of drug-likeness (QED) is 0.672. The number of carbonyl (C=O) groups excluding carboxylic acids is 1. The van der Waals surface area contributed by atoms with Crippen LogP contribution in [0.1, 0.15) is 16.7 Å². The van der Waals surface area contributed by atoms with Gasteiger partial charge >= 0.3 is 5.97 Å². The molecule has 0 bridgehead atoms. The molecule has 0 aromatic heterocycles. The number of esters is 1. The lowest BCUT2D eigenvalue weighted by atomic mass is 9.70. The number of hydrogen-bond acceptors (Lipinski definition) is 2. The smallest absolute Gasteiger partial charge is 0.324 e. The highest BCUT2D eigenvalue weighted by atomic mass is 16.5. The molecule has 4 rings (SSSR count). The minimum Gasteiger partial charge on any atom is -0.468 e. The van der Waals surface area contributed by atoms with E-state index in [0.29, 0.717) is 0 Å². The van der Waals surface area contributed by atoms with Crippen LogP contribution in [0.25, 0.3) is 5.57 Å². The van der Waals surface area contributed by atoms with Gasteiger partial charge in [0.1, 0.15) is 5.41 Å². The summed E-state index contributed by atoms with van der Waals surface area (Å²) in [5.74, 6) is -0.291. The molecule has 2 aromatic rings. The van der Waals surface area contributed by atoms with E-state index in [1.54, 1.807) is 0 Å². The van der Waals surface area contributed by atoms with Crippen LogP contribution in [0.3, 0.4) is 0 Å². The summed E-state index contributed by atoms with van der Waals surface area (Å²) in [7, 11) is 1.45. The minimum atomic E-state index is -0.975. The lowest BCUT2D eigenvalue weighted by Gasteiger charge is -2.32. The third-order valence-electron chi connectivity index (χ3n) is 5.25. The molecule has 2 nitrogen and oxygen atoms in total. The van der Waals surface area contributed by atoms with Gasteiger partial charge < -0.3 is 4.74 Å². The van der Waals surface area contributed by atoms with Crippen molar-refractivity contribution in [3.8, 4) is 0 Å². The molecule has 2 aromatic carbocycles. The van der Waals surface area contributed by atoms with Crippen molar-refractivity contribution in [2.45, 2.75) is 12.3 Å². The van der Waals surface area contributed by atoms with Crippen molar-refractivity contribution in [2.24, 2.45) is 0 Å². The zero-order chi connectivity index (χ0) is 19.6. The van der Waals surface area contributed by atoms with Crippen molar-refractivity contribution in [1.82, 2.24) is 0 Å². The van der Waals surface area contributed by atoms with Gasteiger partial charge in [-0.1, -0.05) is 103 Å². The SMILES string of the molecule is COC(=O)C1(c2ccccc2)C=C2C=CC=CC=C2C(c2ccc(C)cc2)=C1. The van der Waals surface area contributed by atoms with Gasteiger partial charge in [-0.25, -0.2) is 0 Å². The van der Waals surface area contributed by atoms with Crippen LogP contribution in [0.4, 0.5) is 0 Å². The molecular formula is C26H22O2. The van der Waals surface area contributed by atoms with E-state index in [-0.39, 0.29) is 5.97 Å². The standard InChI is InChI=1S/C26H22O2/c1-19-13-15-20(16-14-19)24-18-26(25(27)28-2,22-10-6-4-7-11-22)17-21-9-5-3-8-12-23(21)24/h3-18H,1-2H3. The molecule has 2 heteroatoms. The molecule has 0 amide bonds. The lowest BCUT2D eigenvalue weighted by molar-refractivity contribution is -0.143. The van der Waals surface area contributed by atoms with Crippen LogP contribution in [-0.2, 0) is 14.9 Å². The van der Waals surface area contributed by atoms with Crippen molar-refractivity contribution in [1.29, 1.82) is 0 Å². The Morgan fingerprint density at radius 3 is 2.32 bits per heavy atom. The van der Waals surface area contributed by atoms with Gasteiger partial charge in [-0.05, 0) is 34.8 Å². The van der Waals surface area contributed by atoms with E-state index < -0.39 is 5.41 Å². The van der Waals surface area contributed by atoms with Gasteiger partial charge in [0.05, 0.1) is 7.11 Å². The van der Waals surface area contributed by atoms with Crippen molar-refractivity contribution < 1.29 is 9.53 Å². The van der Waals surface area contributed by atoms with Crippen molar-refractivity contribution >= 4 is 11.5 Å². The molecule has 0 aliphatic heterocycles. The second-order valence-corrected chi connectivity index (χ2v) is 7.07. The van der Waals surface area contributed by atoms with Crippen LogP contribution < -0.4 is 0 Å². The van der Waals surface area contributed by atoms with Crippen molar-refractivity contribution in [3.63, 3.8) is 0 Å². The van der Waals surface area contributed by atoms with E-state index in [1.165, 1.54) is 12.7 Å². The van der Waals surface area contributed by atoms with Gasteiger partial charge in [-0.3, -0.25) is 4.79 Å². The Kier molecular flexibility index (Phi) is 4.70. The number of rotatable bonds is 3. The molecule has 2 aliphatic carbocycles. The number of fused-ring (bicyclic) bond motifs is 1. The molecule has 1 atom stereocenters. The zero-order valence-electron chi connectivity index (χ0n) is 16.1. The summed E-state index contributed by atoms with van der Waals surface area (Å²) in [6, 6.07) is 18.2. The summed E-state index contributed by atoms with van der Waals surface area (Å²) in [5.41, 5.74) is 5.34. The van der Waals surface area contributed by atoms with E-state index >= 15 is 0 Å². The average Bonchev–Trinajstić information content (AvgIpc) is 2.99. The summed E-state index contributed by atoms with van der Waals surface area (Å²) >= 11 is 0. The molecule has 0 N–H and O–H groups in total. The van der Waals surface area contributed by atoms with Gasteiger partial charge in [0, 0.05) is 0 Å². The molecule has 0 saturated carbocycles. The van der Waals surface area contributed by atoms with E-state index in [4.69, 9.17) is 4.74 Å². The van der Waals surface area contributed by atoms with E-state index in [9.17, 15) is 4.79 Å². The Morgan fingerprint density at radius 2 is 1.61 bits per heavy atom. The maximum Gasteiger partial charge on any atom is 0.324 e. The molecular weight excluding hydrogens is 344 g/mol. The van der Waals surface area contributed by atoms with Crippen LogP contribution in [-0.4, -0.2) is 13.1 Å². The highest BCUT2D eigenvalue weighted by Crippen LogP contribution is 2.44. The Balaban J connectivity index is 2.01. The maximum absolute atomic E-state index is 13.1. The highest BCUT2D eigenvalue weighted by Gasteiger charge is 2.41. The van der Waals surface area contributed by atoms with Crippen molar-refractivity contribution in [2.75, 3.05) is 7.11 Å². The van der Waals surface area contributed by atoms with Crippen LogP contribution in [0, 0.1) is 6.92 Å². The van der Waals surface area contributed by atoms with Gasteiger partial charge in [-0.15, -0.1) is 0 Å². The first-order chi connectivity index (χ1) is 13.6. The number of ether oxygens (including phenoxy) is 1. The summed E-state index contributed by atoms with van der Waals surface area (Å²) in [5, 5.41) is 0. The van der Waals surface area contributed by atoms with Crippen LogP contribution >= 0.6 is 0 Å². The second-order valence-electron chi connectivity index (χ2n) is 7.07. The first kappa shape index (κ1) is 18.0. The highest BCUT2D eigenvalue weighted by molar-refractivity contribution is 5.98. The first-order valence-electron chi connectivity index (χ1n) is 9.36. The number of aryl methyl sites for hydroxylation is 1. The lowest BCUT2D eigenvalue weighted by Crippen LogP contribution is -2.35. The zero-order valence-corrected chi connectivity index (χ0v) is 16.1. The molecule has 1 unspecified atom stereocenters. The largest absolute Gasteiger partial charge is 0.468 e. The fourth-order valence-electron chi connectivity index (χ4n) is 3.78. The fraction of sp³-hybridized carbons (Fsp3) is 0.115. The topological polar surface area (TPSA) is 26.3 Å². The predicted molar refractivity (Wildman–Crippen MR) is 114 cm³/mol. The third-order valence-corrected chi connectivity index (χ3v) is 5.25. The van der Waals surface area contributed by atoms with Gasteiger partial charge in [0.15, 0.2) is 0 Å². The Morgan fingerprint density at radius 1 is 0.857 bits per heavy atom. The first-order valence-corrected chi connectivity index (χ1v) is 9.36. The monoisotopic (exact) mass is 366 g/mol. The fourth-order valence-corrected chi connectivity index (χ4v) is 3.78. The summed E-state index contributed by atoms with van der Waals surface area (Å²) < 4.78 is 5.27. The van der Waals surface area contributed by atoms with Gasteiger partial charge in [0.25, 0.3) is 0 Å². The minimum absolute atomic E-state index is 0.291. The maximum atomic E-state index is 13.1. The van der Waals surface area contributed by atoms with Crippen LogP contribution in [0.2, 0.25) is 0 Å². The molecule has 138 valence electrons. The van der Waals surface area contributed by atoms with E-state index in [2.05, 4.69) is 43.3 Å². The Hall–Kier alpha value is -3.39. The molecule has 2 aliphatic rings. The Bertz CT molecular complexity index is 1050. The van der Waals surface area contributed by atoms with E-state index in [1.807, 2.05) is 60.7 Å². The third kappa shape index (κ3) is 3.07. The molecule has 0 saturated heterocycles. The van der Waals surface area contributed by atoms with Gasteiger partial charge in [-0.2, -0.15) is 0 Å². The van der Waals surface area contributed by atoms with Crippen LogP contribution in [0.5, 0.6) is 0 Å². The molecule has 0 radical (unpaired) electrons. The molecule has 0 fully saturated rings. The molecule has 0 heterocycles. The molecule has 0 spiro atoms. The molecule has 28 heavy (non-hydrogen) atoms. The average molecular weight is 366 g/mol. The Labute approximate surface area is 165 Å². The number of benzene rings is 2. The van der Waals surface area contributed by atoms with Crippen LogP contribution in [0.15, 0.2) is 108 Å².